The largest absolute Gasteiger partial charge is 0.454 e. The number of halogens is 3. The van der Waals surface area contributed by atoms with Crippen LogP contribution >= 0.6 is 0 Å². The third-order valence-electron chi connectivity index (χ3n) is 4.99. The minimum Gasteiger partial charge on any atom is -0.454 e. The van der Waals surface area contributed by atoms with Crippen LogP contribution in [0.25, 0.3) is 11.1 Å². The molecule has 0 spiro atoms. The van der Waals surface area contributed by atoms with E-state index in [1.54, 1.807) is 54.6 Å². The second-order valence-corrected chi connectivity index (χ2v) is 7.49. The standard InChI is InChI=1S/C25H18F3N3O5/c26-25(27,28)18-9-6-10-19(13-18)31(29-14-17-7-2-1-3-8-17)22(32)16-35-23(33)15-30-20-11-4-5-12-21(20)36-24(30)34/h1-14H,15-16H2/b29-14+. The van der Waals surface area contributed by atoms with E-state index < -0.39 is 42.5 Å². The molecular formula is C25H18F3N3O5. The van der Waals surface area contributed by atoms with Gasteiger partial charge >= 0.3 is 17.9 Å². The van der Waals surface area contributed by atoms with Crippen LogP contribution < -0.4 is 10.8 Å². The molecule has 0 saturated heterocycles. The number of carbonyl (C=O) groups is 2. The van der Waals surface area contributed by atoms with Crippen LogP contribution in [-0.2, 0) is 27.0 Å². The first-order chi connectivity index (χ1) is 17.2. The molecule has 184 valence electrons. The predicted octanol–water partition coefficient (Wildman–Crippen LogP) is 4.22. The van der Waals surface area contributed by atoms with Crippen LogP contribution in [-0.4, -0.2) is 29.3 Å². The summed E-state index contributed by atoms with van der Waals surface area (Å²) in [5, 5.41) is 4.74. The van der Waals surface area contributed by atoms with Gasteiger partial charge in [0.15, 0.2) is 12.2 Å². The zero-order chi connectivity index (χ0) is 25.7. The van der Waals surface area contributed by atoms with Crippen molar-refractivity contribution in [3.8, 4) is 0 Å². The van der Waals surface area contributed by atoms with E-state index in [-0.39, 0.29) is 11.3 Å². The summed E-state index contributed by atoms with van der Waals surface area (Å²) in [6.45, 7) is -1.36. The number of carbonyl (C=O) groups excluding carboxylic acids is 2. The van der Waals surface area contributed by atoms with Crippen LogP contribution in [0.4, 0.5) is 18.9 Å². The van der Waals surface area contributed by atoms with Gasteiger partial charge in [0.05, 0.1) is 23.0 Å². The molecule has 1 aromatic heterocycles. The van der Waals surface area contributed by atoms with Crippen molar-refractivity contribution in [2.24, 2.45) is 5.10 Å². The topological polar surface area (TPSA) is 94.1 Å². The van der Waals surface area contributed by atoms with Crippen molar-refractivity contribution in [3.05, 3.63) is 101 Å². The van der Waals surface area contributed by atoms with Crippen molar-refractivity contribution in [3.63, 3.8) is 0 Å². The Kier molecular flexibility index (Phi) is 7.00. The fourth-order valence-electron chi connectivity index (χ4n) is 3.29. The van der Waals surface area contributed by atoms with Gasteiger partial charge < -0.3 is 9.15 Å². The molecule has 0 unspecified atom stereocenters. The summed E-state index contributed by atoms with van der Waals surface area (Å²) in [5.74, 6) is -2.61. The zero-order valence-electron chi connectivity index (χ0n) is 18.5. The van der Waals surface area contributed by atoms with Gasteiger partial charge in [0.2, 0.25) is 0 Å². The van der Waals surface area contributed by atoms with Gasteiger partial charge in [0.25, 0.3) is 5.91 Å². The molecule has 3 aromatic carbocycles. The number of alkyl halides is 3. The second-order valence-electron chi connectivity index (χ2n) is 7.49. The second kappa shape index (κ2) is 10.3. The van der Waals surface area contributed by atoms with Crippen LogP contribution in [0.3, 0.4) is 0 Å². The molecule has 4 aromatic rings. The van der Waals surface area contributed by atoms with E-state index in [4.69, 9.17) is 9.15 Å². The summed E-state index contributed by atoms with van der Waals surface area (Å²) in [5.41, 5.74) is 0.0812. The van der Waals surface area contributed by atoms with Crippen LogP contribution in [0.5, 0.6) is 0 Å². The van der Waals surface area contributed by atoms with Crippen LogP contribution in [0.15, 0.2) is 93.2 Å². The maximum atomic E-state index is 13.2. The average Bonchev–Trinajstić information content (AvgIpc) is 3.18. The van der Waals surface area contributed by atoms with Crippen LogP contribution in [0, 0.1) is 0 Å². The van der Waals surface area contributed by atoms with Gasteiger partial charge in [0, 0.05) is 0 Å². The number of esters is 1. The van der Waals surface area contributed by atoms with E-state index in [1.165, 1.54) is 12.3 Å². The molecule has 8 nitrogen and oxygen atoms in total. The van der Waals surface area contributed by atoms with Crippen molar-refractivity contribution in [2.75, 3.05) is 11.6 Å². The van der Waals surface area contributed by atoms with E-state index in [0.717, 1.165) is 27.8 Å². The van der Waals surface area contributed by atoms with Crippen molar-refractivity contribution < 1.29 is 31.9 Å². The lowest BCUT2D eigenvalue weighted by Gasteiger charge is -2.18. The monoisotopic (exact) mass is 497 g/mol. The van der Waals surface area contributed by atoms with Gasteiger partial charge in [0.1, 0.15) is 6.54 Å². The summed E-state index contributed by atoms with van der Waals surface area (Å²) in [6.07, 6.45) is -3.35. The molecule has 4 rings (SSSR count). The number of hydrogen-bond acceptors (Lipinski definition) is 6. The number of aromatic nitrogens is 1. The molecule has 0 aliphatic carbocycles. The van der Waals surface area contributed by atoms with Crippen molar-refractivity contribution in [1.82, 2.24) is 4.57 Å². The maximum absolute atomic E-state index is 13.2. The summed E-state index contributed by atoms with van der Waals surface area (Å²) >= 11 is 0. The van der Waals surface area contributed by atoms with Crippen LogP contribution in [0.2, 0.25) is 0 Å². The zero-order valence-corrected chi connectivity index (χ0v) is 18.5. The Morgan fingerprint density at radius 3 is 2.47 bits per heavy atom. The highest BCUT2D eigenvalue weighted by molar-refractivity contribution is 5.96. The lowest BCUT2D eigenvalue weighted by molar-refractivity contribution is -0.148. The van der Waals surface area contributed by atoms with Gasteiger partial charge in [-0.3, -0.25) is 14.2 Å². The van der Waals surface area contributed by atoms with Gasteiger partial charge in [-0.1, -0.05) is 48.5 Å². The smallest absolute Gasteiger partial charge is 0.420 e. The molecule has 0 aliphatic rings. The quantitative estimate of drug-likeness (QED) is 0.217. The first-order valence-corrected chi connectivity index (χ1v) is 10.6. The lowest BCUT2D eigenvalue weighted by Crippen LogP contribution is -2.32. The number of hydrazone groups is 1. The number of benzene rings is 3. The number of anilines is 1. The third-order valence-corrected chi connectivity index (χ3v) is 4.99. The lowest BCUT2D eigenvalue weighted by atomic mass is 10.2. The Balaban J connectivity index is 1.53. The summed E-state index contributed by atoms with van der Waals surface area (Å²) in [4.78, 5) is 37.3. The highest BCUT2D eigenvalue weighted by Gasteiger charge is 2.31. The Bertz CT molecular complexity index is 1480. The van der Waals surface area contributed by atoms with Crippen molar-refractivity contribution in [2.45, 2.75) is 12.7 Å². The maximum Gasteiger partial charge on any atom is 0.420 e. The summed E-state index contributed by atoms with van der Waals surface area (Å²) in [6, 6.07) is 19.1. The number of oxazole rings is 1. The molecule has 1 heterocycles. The molecular weight excluding hydrogens is 479 g/mol. The summed E-state index contributed by atoms with van der Waals surface area (Å²) in [7, 11) is 0. The molecule has 0 bridgehead atoms. The highest BCUT2D eigenvalue weighted by atomic mass is 19.4. The van der Waals surface area contributed by atoms with Gasteiger partial charge in [-0.15, -0.1) is 0 Å². The molecule has 0 N–H and O–H groups in total. The fraction of sp³-hybridized carbons (Fsp3) is 0.120. The first-order valence-electron chi connectivity index (χ1n) is 10.6. The van der Waals surface area contributed by atoms with Crippen LogP contribution in [0.1, 0.15) is 11.1 Å². The number of nitrogens with zero attached hydrogens (tertiary/aromatic N) is 3. The van der Waals surface area contributed by atoms with E-state index >= 15 is 0 Å². The molecule has 0 fully saturated rings. The van der Waals surface area contributed by atoms with Crippen molar-refractivity contribution in [1.29, 1.82) is 0 Å². The Morgan fingerprint density at radius 1 is 1.00 bits per heavy atom. The molecule has 1 amide bonds. The normalized spacial score (nSPS) is 11.6. The Hall–Kier alpha value is -4.67. The van der Waals surface area contributed by atoms with Crippen molar-refractivity contribution >= 4 is 34.9 Å². The number of hydrogen-bond donors (Lipinski definition) is 0. The number of rotatable bonds is 7. The number of para-hydroxylation sites is 2. The Labute approximate surface area is 201 Å². The SMILES string of the molecule is O=C(Cn1c(=O)oc2ccccc21)OCC(=O)N(/N=C/c1ccccc1)c1cccc(C(F)(F)F)c1. The molecule has 0 saturated carbocycles. The first kappa shape index (κ1) is 24.5. The number of ether oxygens (including phenoxy) is 1. The average molecular weight is 497 g/mol. The minimum atomic E-state index is -4.64. The van der Waals surface area contributed by atoms with E-state index in [1.807, 2.05) is 0 Å². The fourth-order valence-corrected chi connectivity index (χ4v) is 3.29. The third kappa shape index (κ3) is 5.69. The molecule has 0 aliphatic heterocycles. The number of amides is 1. The summed E-state index contributed by atoms with van der Waals surface area (Å²) < 4.78 is 50.7. The van der Waals surface area contributed by atoms with Gasteiger partial charge in [-0.05, 0) is 35.9 Å². The van der Waals surface area contributed by atoms with Gasteiger partial charge in [-0.25, -0.2) is 4.79 Å². The molecule has 11 heteroatoms. The minimum absolute atomic E-state index is 0.171. The van der Waals surface area contributed by atoms with Gasteiger partial charge in [-0.2, -0.15) is 23.3 Å². The number of fused-ring (bicyclic) bond motifs is 1. The predicted molar refractivity (Wildman–Crippen MR) is 124 cm³/mol. The highest BCUT2D eigenvalue weighted by Crippen LogP contribution is 2.31. The molecule has 0 atom stereocenters. The van der Waals surface area contributed by atoms with E-state index in [9.17, 15) is 27.6 Å². The Morgan fingerprint density at radius 2 is 1.72 bits per heavy atom. The van der Waals surface area contributed by atoms with E-state index in [2.05, 4.69) is 5.10 Å². The molecule has 36 heavy (non-hydrogen) atoms. The molecule has 0 radical (unpaired) electrons. The van der Waals surface area contributed by atoms with E-state index in [0.29, 0.717) is 11.1 Å².